The lowest BCUT2D eigenvalue weighted by molar-refractivity contribution is 0.564. The van der Waals surface area contributed by atoms with Crippen molar-refractivity contribution in [1.29, 1.82) is 0 Å². The van der Waals surface area contributed by atoms with Crippen molar-refractivity contribution in [2.45, 2.75) is 45.6 Å². The largest absolute Gasteiger partial charge is 0.383 e. The van der Waals surface area contributed by atoms with Crippen LogP contribution in [0.3, 0.4) is 0 Å². The van der Waals surface area contributed by atoms with Gasteiger partial charge in [-0.05, 0) is 69.5 Å². The Kier molecular flexibility index (Phi) is 5.72. The lowest BCUT2D eigenvalue weighted by atomic mass is 10.1. The average molecular weight is 398 g/mol. The number of nitrogens with zero attached hydrogens (tertiary/aromatic N) is 1. The summed E-state index contributed by atoms with van der Waals surface area (Å²) < 4.78 is 28.7. The highest BCUT2D eigenvalue weighted by Crippen LogP contribution is 2.26. The number of aryl methyl sites for hydroxylation is 4. The molecule has 3 aromatic rings. The molecule has 6 heteroatoms. The van der Waals surface area contributed by atoms with Crippen molar-refractivity contribution in [3.63, 3.8) is 0 Å². The van der Waals surface area contributed by atoms with Gasteiger partial charge >= 0.3 is 0 Å². The molecule has 0 saturated heterocycles. The van der Waals surface area contributed by atoms with Crippen molar-refractivity contribution in [1.82, 2.24) is 9.71 Å². The van der Waals surface area contributed by atoms with E-state index in [1.54, 1.807) is 6.20 Å². The Labute approximate surface area is 167 Å². The molecule has 0 aliphatic heterocycles. The van der Waals surface area contributed by atoms with E-state index >= 15 is 0 Å². The molecule has 1 heterocycles. The molecule has 0 unspecified atom stereocenters. The molecule has 0 amide bonds. The van der Waals surface area contributed by atoms with Gasteiger partial charge in [0.1, 0.15) is 0 Å². The Morgan fingerprint density at radius 1 is 1.00 bits per heavy atom. The molecule has 0 radical (unpaired) electrons. The molecular formula is C22H27N3O2S. The second-order valence-electron chi connectivity index (χ2n) is 7.46. The van der Waals surface area contributed by atoms with Crippen LogP contribution in [0.2, 0.25) is 0 Å². The van der Waals surface area contributed by atoms with Gasteiger partial charge in [0.05, 0.1) is 10.4 Å². The normalized spacial score (nSPS) is 12.9. The molecule has 2 N–H and O–H groups in total. The number of fused-ring (bicyclic) bond motifs is 1. The third kappa shape index (κ3) is 4.18. The van der Waals surface area contributed by atoms with Gasteiger partial charge < -0.3 is 5.32 Å². The van der Waals surface area contributed by atoms with Gasteiger partial charge in [0.2, 0.25) is 10.0 Å². The number of hydrogen-bond donors (Lipinski definition) is 2. The first-order chi connectivity index (χ1) is 13.2. The van der Waals surface area contributed by atoms with Gasteiger partial charge in [-0.3, -0.25) is 4.98 Å². The van der Waals surface area contributed by atoms with Crippen LogP contribution in [0.15, 0.2) is 47.5 Å². The second kappa shape index (κ2) is 7.89. The van der Waals surface area contributed by atoms with Crippen molar-refractivity contribution < 1.29 is 8.42 Å². The van der Waals surface area contributed by atoms with Gasteiger partial charge in [-0.2, -0.15) is 0 Å². The smallest absolute Gasteiger partial charge is 0.241 e. The topological polar surface area (TPSA) is 71.1 Å². The summed E-state index contributed by atoms with van der Waals surface area (Å²) in [5.74, 6) is 0. The highest BCUT2D eigenvalue weighted by Gasteiger charge is 2.22. The van der Waals surface area contributed by atoms with Crippen LogP contribution in [0.1, 0.15) is 29.2 Å². The summed E-state index contributed by atoms with van der Waals surface area (Å²) in [6, 6.07) is 11.5. The number of benzene rings is 2. The van der Waals surface area contributed by atoms with Crippen LogP contribution in [-0.2, 0) is 10.0 Å². The van der Waals surface area contributed by atoms with E-state index in [1.807, 2.05) is 71.0 Å². The molecule has 3 rings (SSSR count). The van der Waals surface area contributed by atoms with Crippen molar-refractivity contribution in [2.24, 2.45) is 0 Å². The third-order valence-electron chi connectivity index (χ3n) is 4.81. The van der Waals surface area contributed by atoms with Gasteiger partial charge in [0.15, 0.2) is 0 Å². The van der Waals surface area contributed by atoms with Crippen molar-refractivity contribution >= 4 is 26.6 Å². The minimum Gasteiger partial charge on any atom is -0.383 e. The predicted octanol–water partition coefficient (Wildman–Crippen LogP) is 4.25. The molecule has 1 aromatic heterocycles. The number of aromatic nitrogens is 1. The lowest BCUT2D eigenvalue weighted by Crippen LogP contribution is -2.38. The van der Waals surface area contributed by atoms with E-state index in [0.29, 0.717) is 11.4 Å². The Morgan fingerprint density at radius 2 is 1.68 bits per heavy atom. The zero-order valence-corrected chi connectivity index (χ0v) is 17.8. The number of rotatable bonds is 6. The summed E-state index contributed by atoms with van der Waals surface area (Å²) in [4.78, 5) is 4.75. The van der Waals surface area contributed by atoms with Gasteiger partial charge in [-0.1, -0.05) is 23.8 Å². The Morgan fingerprint density at radius 3 is 2.36 bits per heavy atom. The maximum atomic E-state index is 12.9. The Hall–Kier alpha value is -2.44. The fourth-order valence-electron chi connectivity index (χ4n) is 3.71. The standard InChI is InChI=1S/C22H27N3O2S/c1-14-11-16(3)22(17(4)12-14)28(26,27)25-18(5)13-24-21-15(2)8-9-20-19(21)7-6-10-23-20/h6-12,18,24-25H,13H2,1-5H3/t18-/m0/s1. The first kappa shape index (κ1) is 20.3. The number of pyridine rings is 1. The van der Waals surface area contributed by atoms with Crippen molar-refractivity contribution in [3.05, 3.63) is 64.8 Å². The lowest BCUT2D eigenvalue weighted by Gasteiger charge is -2.19. The fourth-order valence-corrected chi connectivity index (χ4v) is 5.40. The second-order valence-corrected chi connectivity index (χ2v) is 9.11. The van der Waals surface area contributed by atoms with E-state index in [0.717, 1.165) is 38.8 Å². The Balaban J connectivity index is 1.78. The summed E-state index contributed by atoms with van der Waals surface area (Å²) >= 11 is 0. The molecule has 0 saturated carbocycles. The molecule has 0 aliphatic carbocycles. The van der Waals surface area contributed by atoms with Crippen LogP contribution in [0.5, 0.6) is 0 Å². The van der Waals surface area contributed by atoms with Crippen LogP contribution in [0.4, 0.5) is 5.69 Å². The summed E-state index contributed by atoms with van der Waals surface area (Å²) in [5.41, 5.74) is 5.58. The molecule has 0 spiro atoms. The van der Waals surface area contributed by atoms with E-state index < -0.39 is 10.0 Å². The molecule has 148 valence electrons. The Bertz CT molecular complexity index is 1100. The zero-order valence-electron chi connectivity index (χ0n) is 17.0. The quantitative estimate of drug-likeness (QED) is 0.652. The zero-order chi connectivity index (χ0) is 20.5. The van der Waals surface area contributed by atoms with Crippen LogP contribution in [0, 0.1) is 27.7 Å². The van der Waals surface area contributed by atoms with Crippen LogP contribution in [-0.4, -0.2) is 26.0 Å². The van der Waals surface area contributed by atoms with Crippen molar-refractivity contribution in [2.75, 3.05) is 11.9 Å². The van der Waals surface area contributed by atoms with E-state index in [1.165, 1.54) is 0 Å². The molecule has 5 nitrogen and oxygen atoms in total. The van der Waals surface area contributed by atoms with Crippen LogP contribution >= 0.6 is 0 Å². The maximum Gasteiger partial charge on any atom is 0.241 e. The minimum absolute atomic E-state index is 0.281. The summed E-state index contributed by atoms with van der Waals surface area (Å²) in [6.45, 7) is 10.0. The van der Waals surface area contributed by atoms with E-state index in [2.05, 4.69) is 15.0 Å². The fraction of sp³-hybridized carbons (Fsp3) is 0.318. The monoisotopic (exact) mass is 397 g/mol. The number of hydrogen-bond acceptors (Lipinski definition) is 4. The summed E-state index contributed by atoms with van der Waals surface area (Å²) in [7, 11) is -3.60. The van der Waals surface area contributed by atoms with Crippen molar-refractivity contribution in [3.8, 4) is 0 Å². The summed E-state index contributed by atoms with van der Waals surface area (Å²) in [5, 5.41) is 4.43. The first-order valence-electron chi connectivity index (χ1n) is 9.37. The van der Waals surface area contributed by atoms with E-state index in [-0.39, 0.29) is 6.04 Å². The molecule has 0 aliphatic rings. The minimum atomic E-state index is -3.60. The molecular weight excluding hydrogens is 370 g/mol. The predicted molar refractivity (Wildman–Crippen MR) is 115 cm³/mol. The number of sulfonamides is 1. The SMILES string of the molecule is Cc1cc(C)c(S(=O)(=O)N[C@@H](C)CNc2c(C)ccc3ncccc23)c(C)c1. The maximum absolute atomic E-state index is 12.9. The highest BCUT2D eigenvalue weighted by atomic mass is 32.2. The van der Waals surface area contributed by atoms with E-state index in [4.69, 9.17) is 0 Å². The van der Waals surface area contributed by atoms with Gasteiger partial charge in [-0.15, -0.1) is 0 Å². The highest BCUT2D eigenvalue weighted by molar-refractivity contribution is 7.89. The van der Waals surface area contributed by atoms with Gasteiger partial charge in [-0.25, -0.2) is 13.1 Å². The molecule has 1 atom stereocenters. The summed E-state index contributed by atoms with van der Waals surface area (Å²) in [6.07, 6.45) is 1.77. The third-order valence-corrected chi connectivity index (χ3v) is 6.70. The van der Waals surface area contributed by atoms with Gasteiger partial charge in [0.25, 0.3) is 0 Å². The molecule has 0 bridgehead atoms. The number of nitrogens with one attached hydrogen (secondary N) is 2. The van der Waals surface area contributed by atoms with Crippen LogP contribution in [0.25, 0.3) is 10.9 Å². The molecule has 28 heavy (non-hydrogen) atoms. The molecule has 0 fully saturated rings. The van der Waals surface area contributed by atoms with Crippen LogP contribution < -0.4 is 10.0 Å². The average Bonchev–Trinajstić information content (AvgIpc) is 2.59. The first-order valence-corrected chi connectivity index (χ1v) is 10.9. The molecule has 2 aromatic carbocycles. The van der Waals surface area contributed by atoms with Gasteiger partial charge in [0, 0.05) is 29.9 Å². The van der Waals surface area contributed by atoms with E-state index in [9.17, 15) is 8.42 Å². The number of anilines is 1.